The predicted molar refractivity (Wildman–Crippen MR) is 102 cm³/mol. The minimum Gasteiger partial charge on any atom is -0.466 e. The summed E-state index contributed by atoms with van der Waals surface area (Å²) < 4.78 is 6.43. The van der Waals surface area contributed by atoms with Crippen molar-refractivity contribution in [2.24, 2.45) is 0 Å². The van der Waals surface area contributed by atoms with Crippen LogP contribution in [0.25, 0.3) is 0 Å². The van der Waals surface area contributed by atoms with Gasteiger partial charge in [0.15, 0.2) is 10.8 Å². The number of para-hydroxylation sites is 2. The van der Waals surface area contributed by atoms with E-state index in [0.29, 0.717) is 10.1 Å². The second-order valence-electron chi connectivity index (χ2n) is 6.72. The minimum atomic E-state index is -0.568. The van der Waals surface area contributed by atoms with Crippen molar-refractivity contribution >= 4 is 34.6 Å². The summed E-state index contributed by atoms with van der Waals surface area (Å²) in [4.78, 5) is 2.11. The topological polar surface area (TPSA) is 24.5 Å². The normalized spacial score (nSPS) is 24.9. The third-order valence-electron chi connectivity index (χ3n) is 4.91. The van der Waals surface area contributed by atoms with E-state index < -0.39 is 5.72 Å². The van der Waals surface area contributed by atoms with Crippen molar-refractivity contribution in [3.63, 3.8) is 0 Å². The number of fused-ring (bicyclic) bond motifs is 4. The highest BCUT2D eigenvalue weighted by Gasteiger charge is 2.49. The van der Waals surface area contributed by atoms with Crippen LogP contribution < -0.4 is 15.0 Å². The predicted octanol–water partition coefficient (Wildman–Crippen LogP) is 4.89. The number of hydrogen-bond donors (Lipinski definition) is 1. The van der Waals surface area contributed by atoms with Crippen molar-refractivity contribution in [3.8, 4) is 5.75 Å². The van der Waals surface area contributed by atoms with E-state index in [1.165, 1.54) is 11.1 Å². The SMILES string of the molecule is Cc1cccc(C)c1N1C(=S)N[C@H]2C[C@]1(C)Oc1c(Cl)cccc12. The van der Waals surface area contributed by atoms with Gasteiger partial charge < -0.3 is 10.1 Å². The molecule has 1 fully saturated rings. The largest absolute Gasteiger partial charge is 0.466 e. The Morgan fingerprint density at radius 2 is 1.88 bits per heavy atom. The van der Waals surface area contributed by atoms with Gasteiger partial charge in [-0.05, 0) is 50.2 Å². The molecule has 3 nitrogen and oxygen atoms in total. The number of thiocarbonyl (C=S) groups is 1. The molecule has 24 heavy (non-hydrogen) atoms. The summed E-state index contributed by atoms with van der Waals surface area (Å²) >= 11 is 12.1. The van der Waals surface area contributed by atoms with Crippen molar-refractivity contribution in [1.82, 2.24) is 5.32 Å². The number of nitrogens with zero attached hydrogens (tertiary/aromatic N) is 1. The molecule has 2 bridgehead atoms. The summed E-state index contributed by atoms with van der Waals surface area (Å²) in [5.74, 6) is 0.754. The molecule has 2 aromatic rings. The lowest BCUT2D eigenvalue weighted by molar-refractivity contribution is 0.0497. The van der Waals surface area contributed by atoms with Gasteiger partial charge >= 0.3 is 0 Å². The van der Waals surface area contributed by atoms with Gasteiger partial charge in [0, 0.05) is 12.0 Å². The van der Waals surface area contributed by atoms with Gasteiger partial charge in [0.05, 0.1) is 16.8 Å². The van der Waals surface area contributed by atoms with Crippen LogP contribution in [-0.4, -0.2) is 10.8 Å². The van der Waals surface area contributed by atoms with Crippen LogP contribution in [0.1, 0.15) is 36.1 Å². The Kier molecular flexibility index (Phi) is 3.52. The fraction of sp³-hybridized carbons (Fsp3) is 0.316. The minimum absolute atomic E-state index is 0.116. The number of ether oxygens (including phenoxy) is 1. The maximum Gasteiger partial charge on any atom is 0.188 e. The summed E-state index contributed by atoms with van der Waals surface area (Å²) in [6.45, 7) is 6.29. The summed E-state index contributed by atoms with van der Waals surface area (Å²) in [7, 11) is 0. The number of hydrogen-bond acceptors (Lipinski definition) is 2. The molecule has 2 aliphatic heterocycles. The molecular weight excluding hydrogens is 340 g/mol. The standard InChI is InChI=1S/C19H19ClN2OS/c1-11-6-4-7-12(2)16(11)22-18(24)21-15-10-19(22,3)23-17-13(15)8-5-9-14(17)20/h4-9,15H,10H2,1-3H3,(H,21,24)/t15-,19-/m0/s1. The third kappa shape index (κ3) is 2.20. The van der Waals surface area contributed by atoms with Crippen molar-refractivity contribution in [2.45, 2.75) is 39.0 Å². The molecule has 1 saturated heterocycles. The average molecular weight is 359 g/mol. The number of benzene rings is 2. The molecule has 2 aromatic carbocycles. The Balaban J connectivity index is 1.88. The average Bonchev–Trinajstić information content (AvgIpc) is 2.51. The number of aryl methyl sites for hydroxylation is 2. The maximum absolute atomic E-state index is 6.43. The Bertz CT molecular complexity index is 833. The molecule has 0 aromatic heterocycles. The fourth-order valence-corrected chi connectivity index (χ4v) is 4.50. The number of anilines is 1. The van der Waals surface area contributed by atoms with E-state index in [9.17, 15) is 0 Å². The molecule has 4 rings (SSSR count). The van der Waals surface area contributed by atoms with E-state index >= 15 is 0 Å². The Labute approximate surface area is 152 Å². The van der Waals surface area contributed by atoms with E-state index in [2.05, 4.69) is 55.3 Å². The highest BCUT2D eigenvalue weighted by Crippen LogP contribution is 2.48. The molecule has 1 N–H and O–H groups in total. The molecule has 2 atom stereocenters. The lowest BCUT2D eigenvalue weighted by Gasteiger charge is -2.52. The van der Waals surface area contributed by atoms with Crippen molar-refractivity contribution in [2.75, 3.05) is 4.90 Å². The summed E-state index contributed by atoms with van der Waals surface area (Å²) in [5.41, 5.74) is 3.96. The number of halogens is 1. The second-order valence-corrected chi connectivity index (χ2v) is 7.51. The highest BCUT2D eigenvalue weighted by atomic mass is 35.5. The first-order chi connectivity index (χ1) is 11.4. The first-order valence-corrected chi connectivity index (χ1v) is 8.84. The quantitative estimate of drug-likeness (QED) is 0.733. The van der Waals surface area contributed by atoms with Crippen LogP contribution in [-0.2, 0) is 0 Å². The van der Waals surface area contributed by atoms with Gasteiger partial charge in [0.1, 0.15) is 5.75 Å². The van der Waals surface area contributed by atoms with Gasteiger partial charge in [-0.15, -0.1) is 0 Å². The van der Waals surface area contributed by atoms with Gasteiger partial charge in [-0.1, -0.05) is 41.9 Å². The zero-order valence-corrected chi connectivity index (χ0v) is 15.5. The van der Waals surface area contributed by atoms with Crippen LogP contribution in [0.2, 0.25) is 5.02 Å². The fourth-order valence-electron chi connectivity index (χ4n) is 3.85. The monoisotopic (exact) mass is 358 g/mol. The molecule has 5 heteroatoms. The molecule has 0 saturated carbocycles. The highest BCUT2D eigenvalue weighted by molar-refractivity contribution is 7.80. The van der Waals surface area contributed by atoms with Gasteiger partial charge in [-0.2, -0.15) is 0 Å². The molecule has 0 spiro atoms. The van der Waals surface area contributed by atoms with Gasteiger partial charge in [-0.3, -0.25) is 4.90 Å². The van der Waals surface area contributed by atoms with Crippen LogP contribution in [0.5, 0.6) is 5.75 Å². The van der Waals surface area contributed by atoms with Crippen LogP contribution >= 0.6 is 23.8 Å². The lowest BCUT2D eigenvalue weighted by atomic mass is 9.89. The van der Waals surface area contributed by atoms with Crippen molar-refractivity contribution in [3.05, 3.63) is 58.1 Å². The zero-order valence-electron chi connectivity index (χ0n) is 13.9. The van der Waals surface area contributed by atoms with Crippen molar-refractivity contribution in [1.29, 1.82) is 0 Å². The first-order valence-electron chi connectivity index (χ1n) is 8.05. The van der Waals surface area contributed by atoms with Crippen LogP contribution in [0.3, 0.4) is 0 Å². The molecule has 124 valence electrons. The summed E-state index contributed by atoms with van der Waals surface area (Å²) in [6, 6.07) is 12.3. The molecule has 0 unspecified atom stereocenters. The maximum atomic E-state index is 6.43. The van der Waals surface area contributed by atoms with E-state index in [4.69, 9.17) is 28.6 Å². The van der Waals surface area contributed by atoms with E-state index in [1.54, 1.807) is 0 Å². The van der Waals surface area contributed by atoms with E-state index in [0.717, 1.165) is 23.4 Å². The third-order valence-corrected chi connectivity index (χ3v) is 5.51. The van der Waals surface area contributed by atoms with Crippen LogP contribution in [0.4, 0.5) is 5.69 Å². The second kappa shape index (κ2) is 5.36. The lowest BCUT2D eigenvalue weighted by Crippen LogP contribution is -2.65. The number of nitrogens with one attached hydrogen (secondary N) is 1. The zero-order chi connectivity index (χ0) is 17.1. The Morgan fingerprint density at radius 3 is 2.58 bits per heavy atom. The summed E-state index contributed by atoms with van der Waals surface area (Å²) in [6.07, 6.45) is 0.800. The number of rotatable bonds is 1. The Hall–Kier alpha value is -1.78. The smallest absolute Gasteiger partial charge is 0.188 e. The van der Waals surface area contributed by atoms with E-state index in [1.807, 2.05) is 12.1 Å². The van der Waals surface area contributed by atoms with Gasteiger partial charge in [0.2, 0.25) is 0 Å². The van der Waals surface area contributed by atoms with E-state index in [-0.39, 0.29) is 6.04 Å². The molecule has 0 radical (unpaired) electrons. The van der Waals surface area contributed by atoms with Crippen LogP contribution in [0, 0.1) is 13.8 Å². The summed E-state index contributed by atoms with van der Waals surface area (Å²) in [5, 5.41) is 4.81. The first kappa shape index (κ1) is 15.7. The Morgan fingerprint density at radius 1 is 1.21 bits per heavy atom. The molecule has 2 heterocycles. The molecule has 2 aliphatic rings. The molecule has 0 amide bonds. The van der Waals surface area contributed by atoms with Crippen molar-refractivity contribution < 1.29 is 4.74 Å². The van der Waals surface area contributed by atoms with Gasteiger partial charge in [-0.25, -0.2) is 0 Å². The molecule has 0 aliphatic carbocycles. The van der Waals surface area contributed by atoms with Gasteiger partial charge in [0.25, 0.3) is 0 Å². The molecular formula is C19H19ClN2OS. The van der Waals surface area contributed by atoms with Crippen LogP contribution in [0.15, 0.2) is 36.4 Å².